The van der Waals surface area contributed by atoms with E-state index in [0.717, 1.165) is 25.0 Å². The van der Waals surface area contributed by atoms with Crippen LogP contribution >= 0.6 is 0 Å². The Hall–Kier alpha value is -0.540. The first-order valence-electron chi connectivity index (χ1n) is 7.77. The van der Waals surface area contributed by atoms with Crippen LogP contribution in [0.25, 0.3) is 0 Å². The van der Waals surface area contributed by atoms with Crippen molar-refractivity contribution in [3.63, 3.8) is 0 Å². The first kappa shape index (κ1) is 13.9. The summed E-state index contributed by atoms with van der Waals surface area (Å²) in [7, 11) is 0. The molecule has 0 unspecified atom stereocenters. The molecular formula is C15H29N3. The maximum atomic E-state index is 3.62. The van der Waals surface area contributed by atoms with Gasteiger partial charge in [0.25, 0.3) is 0 Å². The van der Waals surface area contributed by atoms with Gasteiger partial charge in [-0.2, -0.15) is 0 Å². The number of piperidine rings is 1. The van der Waals surface area contributed by atoms with E-state index < -0.39 is 0 Å². The molecule has 3 N–H and O–H groups in total. The van der Waals surface area contributed by atoms with Crippen molar-refractivity contribution >= 4 is 0 Å². The van der Waals surface area contributed by atoms with E-state index >= 15 is 0 Å². The van der Waals surface area contributed by atoms with Gasteiger partial charge in [0.05, 0.1) is 0 Å². The zero-order valence-electron chi connectivity index (χ0n) is 11.6. The molecule has 0 aromatic heterocycles. The van der Waals surface area contributed by atoms with Gasteiger partial charge in [0, 0.05) is 19.1 Å². The lowest BCUT2D eigenvalue weighted by atomic mass is 9.95. The normalized spacial score (nSPS) is 23.6. The molecule has 2 rings (SSSR count). The molecule has 1 aliphatic heterocycles. The fourth-order valence-electron chi connectivity index (χ4n) is 3.00. The molecule has 2 fully saturated rings. The van der Waals surface area contributed by atoms with Gasteiger partial charge in [-0.3, -0.25) is 0 Å². The first-order valence-corrected chi connectivity index (χ1v) is 7.77. The SMILES string of the molecule is C(=C\NCC1CCNCC1)/CNC1CCCCC1. The van der Waals surface area contributed by atoms with Gasteiger partial charge >= 0.3 is 0 Å². The van der Waals surface area contributed by atoms with Crippen molar-refractivity contribution in [3.05, 3.63) is 12.3 Å². The molecule has 0 spiro atoms. The Labute approximate surface area is 112 Å². The van der Waals surface area contributed by atoms with Crippen LogP contribution in [0.4, 0.5) is 0 Å². The topological polar surface area (TPSA) is 36.1 Å². The van der Waals surface area contributed by atoms with Gasteiger partial charge in [0.1, 0.15) is 0 Å². The summed E-state index contributed by atoms with van der Waals surface area (Å²) in [4.78, 5) is 0. The summed E-state index contributed by atoms with van der Waals surface area (Å²) < 4.78 is 0. The monoisotopic (exact) mass is 251 g/mol. The molecule has 0 atom stereocenters. The molecule has 104 valence electrons. The average molecular weight is 251 g/mol. The van der Waals surface area contributed by atoms with Crippen molar-refractivity contribution in [2.24, 2.45) is 5.92 Å². The molecule has 3 nitrogen and oxygen atoms in total. The molecule has 2 aliphatic rings. The molecule has 0 aromatic rings. The Morgan fingerprint density at radius 2 is 1.78 bits per heavy atom. The second-order valence-electron chi connectivity index (χ2n) is 5.75. The van der Waals surface area contributed by atoms with Crippen LogP contribution in [0.3, 0.4) is 0 Å². The van der Waals surface area contributed by atoms with E-state index in [1.54, 1.807) is 0 Å². The van der Waals surface area contributed by atoms with Crippen molar-refractivity contribution in [1.29, 1.82) is 0 Å². The lowest BCUT2D eigenvalue weighted by Gasteiger charge is -2.22. The van der Waals surface area contributed by atoms with Crippen LogP contribution in [-0.2, 0) is 0 Å². The molecule has 0 amide bonds. The van der Waals surface area contributed by atoms with Crippen LogP contribution in [0, 0.1) is 5.92 Å². The average Bonchev–Trinajstić information content (AvgIpc) is 2.45. The van der Waals surface area contributed by atoms with Gasteiger partial charge in [0.2, 0.25) is 0 Å². The van der Waals surface area contributed by atoms with Gasteiger partial charge in [0.15, 0.2) is 0 Å². The summed E-state index contributed by atoms with van der Waals surface area (Å²) in [5.41, 5.74) is 0. The highest BCUT2D eigenvalue weighted by Gasteiger charge is 2.12. The van der Waals surface area contributed by atoms with Crippen LogP contribution < -0.4 is 16.0 Å². The summed E-state index contributed by atoms with van der Waals surface area (Å²) in [6.07, 6.45) is 14.0. The Morgan fingerprint density at radius 1 is 1.00 bits per heavy atom. The first-order chi connectivity index (χ1) is 8.95. The molecule has 18 heavy (non-hydrogen) atoms. The maximum absolute atomic E-state index is 3.62. The highest BCUT2D eigenvalue weighted by atomic mass is 14.9. The molecule has 1 aliphatic carbocycles. The van der Waals surface area contributed by atoms with Gasteiger partial charge in [-0.15, -0.1) is 0 Å². The summed E-state index contributed by atoms with van der Waals surface area (Å²) >= 11 is 0. The number of rotatable bonds is 6. The quantitative estimate of drug-likeness (QED) is 0.676. The van der Waals surface area contributed by atoms with E-state index in [0.29, 0.717) is 0 Å². The molecule has 1 heterocycles. The van der Waals surface area contributed by atoms with Crippen molar-refractivity contribution in [2.45, 2.75) is 51.0 Å². The van der Waals surface area contributed by atoms with E-state index in [-0.39, 0.29) is 0 Å². The second kappa shape index (κ2) is 8.54. The van der Waals surface area contributed by atoms with E-state index in [1.807, 2.05) is 0 Å². The molecule has 3 heteroatoms. The summed E-state index contributed by atoms with van der Waals surface area (Å²) in [6, 6.07) is 0.771. The van der Waals surface area contributed by atoms with Gasteiger partial charge in [-0.1, -0.05) is 25.3 Å². The van der Waals surface area contributed by atoms with E-state index in [2.05, 4.69) is 28.2 Å². The van der Waals surface area contributed by atoms with E-state index in [9.17, 15) is 0 Å². The van der Waals surface area contributed by atoms with E-state index in [1.165, 1.54) is 58.0 Å². The second-order valence-corrected chi connectivity index (χ2v) is 5.75. The Kier molecular flexibility index (Phi) is 6.59. The van der Waals surface area contributed by atoms with Crippen LogP contribution in [0.2, 0.25) is 0 Å². The highest BCUT2D eigenvalue weighted by Crippen LogP contribution is 2.16. The zero-order chi connectivity index (χ0) is 12.5. The minimum atomic E-state index is 0.771. The predicted molar refractivity (Wildman–Crippen MR) is 77.6 cm³/mol. The Bertz CT molecular complexity index is 204. The van der Waals surface area contributed by atoms with Crippen LogP contribution in [-0.4, -0.2) is 32.2 Å². The summed E-state index contributed by atoms with van der Waals surface area (Å²) in [5, 5.41) is 10.5. The smallest absolute Gasteiger partial charge is 0.0170 e. The third-order valence-electron chi connectivity index (χ3n) is 4.23. The number of hydrogen-bond donors (Lipinski definition) is 3. The number of nitrogens with one attached hydrogen (secondary N) is 3. The summed E-state index contributed by atoms with van der Waals surface area (Å²) in [6.45, 7) is 4.55. The maximum Gasteiger partial charge on any atom is 0.0170 e. The molecule has 0 radical (unpaired) electrons. The summed E-state index contributed by atoms with van der Waals surface area (Å²) in [5.74, 6) is 0.863. The largest absolute Gasteiger partial charge is 0.391 e. The Morgan fingerprint density at radius 3 is 2.56 bits per heavy atom. The minimum absolute atomic E-state index is 0.771. The van der Waals surface area contributed by atoms with Gasteiger partial charge in [-0.25, -0.2) is 0 Å². The highest BCUT2D eigenvalue weighted by molar-refractivity contribution is 4.85. The third-order valence-corrected chi connectivity index (χ3v) is 4.23. The fraction of sp³-hybridized carbons (Fsp3) is 0.867. The van der Waals surface area contributed by atoms with Crippen LogP contribution in [0.5, 0.6) is 0 Å². The van der Waals surface area contributed by atoms with Gasteiger partial charge in [-0.05, 0) is 50.9 Å². The zero-order valence-corrected chi connectivity index (χ0v) is 11.6. The fourth-order valence-corrected chi connectivity index (χ4v) is 3.00. The minimum Gasteiger partial charge on any atom is -0.391 e. The van der Waals surface area contributed by atoms with Crippen molar-refractivity contribution in [3.8, 4) is 0 Å². The Balaban J connectivity index is 1.46. The van der Waals surface area contributed by atoms with Crippen molar-refractivity contribution < 1.29 is 0 Å². The van der Waals surface area contributed by atoms with Crippen molar-refractivity contribution in [1.82, 2.24) is 16.0 Å². The standard InChI is InChI=1S/C15H29N3/c1-2-5-15(6-3-1)18-10-4-9-17-13-14-7-11-16-12-8-14/h4,9,14-18H,1-3,5-8,10-13H2/b9-4+. The van der Waals surface area contributed by atoms with Crippen molar-refractivity contribution in [2.75, 3.05) is 26.2 Å². The lowest BCUT2D eigenvalue weighted by Crippen LogP contribution is -2.32. The number of hydrogen-bond acceptors (Lipinski definition) is 3. The van der Waals surface area contributed by atoms with Crippen LogP contribution in [0.15, 0.2) is 12.3 Å². The predicted octanol–water partition coefficient (Wildman–Crippen LogP) is 2.01. The van der Waals surface area contributed by atoms with Crippen LogP contribution in [0.1, 0.15) is 44.9 Å². The lowest BCUT2D eigenvalue weighted by molar-refractivity contribution is 0.368. The molecule has 0 bridgehead atoms. The third kappa shape index (κ3) is 5.40. The van der Waals surface area contributed by atoms with Gasteiger partial charge < -0.3 is 16.0 Å². The molecule has 1 saturated carbocycles. The van der Waals surface area contributed by atoms with E-state index in [4.69, 9.17) is 0 Å². The molecule has 0 aromatic carbocycles. The molecular weight excluding hydrogens is 222 g/mol. The molecule has 1 saturated heterocycles.